The van der Waals surface area contributed by atoms with Crippen molar-refractivity contribution in [3.8, 4) is 103 Å². The van der Waals surface area contributed by atoms with E-state index in [4.69, 9.17) is 28.4 Å². The van der Waals surface area contributed by atoms with Gasteiger partial charge in [-0.25, -0.2) is 0 Å². The Balaban J connectivity index is 1.26. The minimum atomic E-state index is -1.47. The van der Waals surface area contributed by atoms with E-state index in [2.05, 4.69) is 0 Å². The fourth-order valence-electron chi connectivity index (χ4n) is 7.69. The van der Waals surface area contributed by atoms with Crippen molar-refractivity contribution < 1.29 is 99.9 Å². The summed E-state index contributed by atoms with van der Waals surface area (Å²) in [5, 5.41) is 147. The van der Waals surface area contributed by atoms with Crippen LogP contribution in [0.15, 0.2) is 78.9 Å². The molecule has 6 aromatic carbocycles. The van der Waals surface area contributed by atoms with Crippen LogP contribution in [0.4, 0.5) is 0 Å². The van der Waals surface area contributed by atoms with Crippen LogP contribution in [-0.2, 0) is 15.9 Å². The van der Waals surface area contributed by atoms with Crippen LogP contribution in [0.2, 0.25) is 0 Å². The topological polar surface area (TPSA) is 339 Å². The summed E-state index contributed by atoms with van der Waals surface area (Å²) < 4.78 is 36.6. The molecule has 5 unspecified atom stereocenters. The van der Waals surface area contributed by atoms with Gasteiger partial charge in [0.05, 0.1) is 5.92 Å². The second-order valence-electron chi connectivity index (χ2n) is 14.7. The second-order valence-corrected chi connectivity index (χ2v) is 14.7. The molecule has 6 aromatic rings. The van der Waals surface area contributed by atoms with Gasteiger partial charge in [0.2, 0.25) is 11.5 Å². The highest BCUT2D eigenvalue weighted by molar-refractivity contribution is 5.66. The normalized spacial score (nSPS) is 18.8. The molecule has 20 heteroatoms. The Labute approximate surface area is 359 Å². The van der Waals surface area contributed by atoms with Gasteiger partial charge < -0.3 is 99.9 Å². The molecular formula is C44H38O20. The Morgan fingerprint density at radius 3 is 1.52 bits per heavy atom. The maximum atomic E-state index is 11.9. The number of benzene rings is 6. The number of rotatable bonds is 11. The molecule has 8 rings (SSSR count). The second kappa shape index (κ2) is 16.5. The molecule has 2 heterocycles. The molecule has 0 aliphatic carbocycles. The van der Waals surface area contributed by atoms with E-state index in [1.165, 1.54) is 24.3 Å². The number of hydrogen-bond donors (Lipinski definition) is 14. The average Bonchev–Trinajstić information content (AvgIpc) is 3.24. The molecule has 0 aromatic heterocycles. The Morgan fingerprint density at radius 2 is 0.969 bits per heavy atom. The van der Waals surface area contributed by atoms with Gasteiger partial charge >= 0.3 is 0 Å². The minimum absolute atomic E-state index is 0.0205. The summed E-state index contributed by atoms with van der Waals surface area (Å²) in [4.78, 5) is 0. The number of aromatic hydroxyl groups is 14. The summed E-state index contributed by atoms with van der Waals surface area (Å²) in [5.74, 6) is -10.8. The SMILES string of the molecule is Oc1cc(O)c2c(c1)OC(c1ccc(O)c(O)c1)C(OCOc1cc(O)c(O)c(O)c1)C2c1c(O)cc(O)c2c1OC(c1ccc(O)c(O)c1)C(OCOc1cc(O)c(O)c(O)c1)C2. The Morgan fingerprint density at radius 1 is 0.453 bits per heavy atom. The molecule has 64 heavy (non-hydrogen) atoms. The minimum Gasteiger partial charge on any atom is -0.508 e. The van der Waals surface area contributed by atoms with Gasteiger partial charge in [0.25, 0.3) is 0 Å². The molecule has 0 bridgehead atoms. The van der Waals surface area contributed by atoms with Crippen molar-refractivity contribution in [3.63, 3.8) is 0 Å². The van der Waals surface area contributed by atoms with E-state index >= 15 is 0 Å². The number of fused-ring (bicyclic) bond motifs is 2. The van der Waals surface area contributed by atoms with Gasteiger partial charge in [-0.15, -0.1) is 0 Å². The van der Waals surface area contributed by atoms with Crippen LogP contribution in [0.1, 0.15) is 45.9 Å². The molecule has 0 radical (unpaired) electrons. The summed E-state index contributed by atoms with van der Waals surface area (Å²) in [6.07, 6.45) is -5.44. The lowest BCUT2D eigenvalue weighted by Crippen LogP contribution is -2.39. The zero-order chi connectivity index (χ0) is 45.7. The number of hydrogen-bond acceptors (Lipinski definition) is 20. The number of phenolic OH excluding ortho intramolecular Hbond substituents is 14. The highest BCUT2D eigenvalue weighted by Gasteiger charge is 2.48. The zero-order valence-electron chi connectivity index (χ0n) is 32.7. The van der Waals surface area contributed by atoms with Crippen molar-refractivity contribution in [2.45, 2.75) is 36.8 Å². The number of ether oxygens (including phenoxy) is 6. The first-order valence-corrected chi connectivity index (χ1v) is 19.0. The van der Waals surface area contributed by atoms with Gasteiger partial charge in [0, 0.05) is 65.6 Å². The average molecular weight is 887 g/mol. The van der Waals surface area contributed by atoms with Gasteiger partial charge in [-0.05, 0) is 35.4 Å². The molecule has 0 saturated heterocycles. The van der Waals surface area contributed by atoms with Gasteiger partial charge in [0.15, 0.2) is 71.8 Å². The molecule has 0 amide bonds. The largest absolute Gasteiger partial charge is 0.508 e. The molecule has 14 N–H and O–H groups in total. The van der Waals surface area contributed by atoms with Crippen LogP contribution in [0, 0.1) is 0 Å². The predicted molar refractivity (Wildman–Crippen MR) is 215 cm³/mol. The van der Waals surface area contributed by atoms with E-state index in [1.807, 2.05) is 0 Å². The van der Waals surface area contributed by atoms with E-state index in [9.17, 15) is 71.5 Å². The third kappa shape index (κ3) is 7.85. The van der Waals surface area contributed by atoms with E-state index in [0.717, 1.165) is 54.6 Å². The molecule has 0 fully saturated rings. The standard InChI is InChI=1S/C44H38O20/c45-19-7-28(51)36-34(8-19)63-42(18-2-4-24(47)27(50)6-18)44(62-16-60-21-11-32(55)40(58)33(56)12-21)38(36)37-29(52)14-25(48)22-13-35(61-15-59-20-9-30(53)39(57)31(54)10-20)41(64-43(22)37)17-1-3-23(46)26(49)5-17/h1-12,14,35,38,41-42,44-58H,13,15-16H2. The number of phenols is 14. The fraction of sp³-hybridized carbons (Fsp3) is 0.182. The van der Waals surface area contributed by atoms with Crippen molar-refractivity contribution in [2.24, 2.45) is 0 Å². The summed E-state index contributed by atoms with van der Waals surface area (Å²) in [6.45, 7) is -1.32. The molecule has 2 aliphatic rings. The third-order valence-electron chi connectivity index (χ3n) is 10.7. The maximum Gasteiger partial charge on any atom is 0.200 e. The van der Waals surface area contributed by atoms with Gasteiger partial charge in [-0.3, -0.25) is 0 Å². The molecule has 334 valence electrons. The van der Waals surface area contributed by atoms with Crippen molar-refractivity contribution >= 4 is 0 Å². The molecule has 0 spiro atoms. The van der Waals surface area contributed by atoms with E-state index in [1.54, 1.807) is 0 Å². The smallest absolute Gasteiger partial charge is 0.200 e. The highest BCUT2D eigenvalue weighted by Crippen LogP contribution is 2.58. The predicted octanol–water partition coefficient (Wildman–Crippen LogP) is 5.35. The van der Waals surface area contributed by atoms with Crippen molar-refractivity contribution in [2.75, 3.05) is 13.6 Å². The first-order chi connectivity index (χ1) is 30.5. The van der Waals surface area contributed by atoms with Crippen LogP contribution in [-0.4, -0.2) is 97.3 Å². The summed E-state index contributed by atoms with van der Waals surface area (Å²) in [6, 6.07) is 14.5. The van der Waals surface area contributed by atoms with E-state index in [0.29, 0.717) is 0 Å². The Hall–Kier alpha value is -8.36. The Bertz CT molecular complexity index is 2730. The lowest BCUT2D eigenvalue weighted by Gasteiger charge is -2.42. The van der Waals surface area contributed by atoms with Gasteiger partial charge in [-0.1, -0.05) is 12.1 Å². The monoisotopic (exact) mass is 886 g/mol. The summed E-state index contributed by atoms with van der Waals surface area (Å²) >= 11 is 0. The van der Waals surface area contributed by atoms with E-state index in [-0.39, 0.29) is 57.2 Å². The van der Waals surface area contributed by atoms with Crippen LogP contribution in [0.25, 0.3) is 0 Å². The van der Waals surface area contributed by atoms with Gasteiger partial charge in [-0.2, -0.15) is 0 Å². The van der Waals surface area contributed by atoms with Crippen LogP contribution < -0.4 is 18.9 Å². The summed E-state index contributed by atoms with van der Waals surface area (Å²) in [5.41, 5.74) is 0.104. The molecule has 0 saturated carbocycles. The lowest BCUT2D eigenvalue weighted by molar-refractivity contribution is -0.100. The van der Waals surface area contributed by atoms with Crippen molar-refractivity contribution in [1.29, 1.82) is 0 Å². The fourth-order valence-corrected chi connectivity index (χ4v) is 7.69. The highest BCUT2D eigenvalue weighted by atomic mass is 16.7. The van der Waals surface area contributed by atoms with E-state index < -0.39 is 124 Å². The van der Waals surface area contributed by atoms with Crippen molar-refractivity contribution in [3.05, 3.63) is 107 Å². The third-order valence-corrected chi connectivity index (χ3v) is 10.7. The lowest BCUT2D eigenvalue weighted by atomic mass is 9.77. The van der Waals surface area contributed by atoms with Crippen LogP contribution >= 0.6 is 0 Å². The van der Waals surface area contributed by atoms with Gasteiger partial charge in [0.1, 0.15) is 58.2 Å². The molecule has 5 atom stereocenters. The first-order valence-electron chi connectivity index (χ1n) is 19.0. The van der Waals surface area contributed by atoms with Crippen molar-refractivity contribution in [1.82, 2.24) is 0 Å². The van der Waals surface area contributed by atoms with Crippen LogP contribution in [0.5, 0.6) is 103 Å². The zero-order valence-corrected chi connectivity index (χ0v) is 32.7. The quantitative estimate of drug-likeness (QED) is 0.0576. The molecule has 2 aliphatic heterocycles. The molecular weight excluding hydrogens is 848 g/mol. The molecule has 20 nitrogen and oxygen atoms in total. The first kappa shape index (κ1) is 42.3. The van der Waals surface area contributed by atoms with Crippen LogP contribution in [0.3, 0.4) is 0 Å². The maximum absolute atomic E-state index is 11.9. The Kier molecular flexibility index (Phi) is 10.9. The summed E-state index contributed by atoms with van der Waals surface area (Å²) in [7, 11) is 0.